The van der Waals surface area contributed by atoms with E-state index in [1.165, 1.54) is 13.3 Å². The van der Waals surface area contributed by atoms with Crippen molar-refractivity contribution in [2.75, 3.05) is 25.1 Å². The van der Waals surface area contributed by atoms with Crippen LogP contribution in [0.5, 0.6) is 5.75 Å². The molecule has 2 N–H and O–H groups in total. The first-order chi connectivity index (χ1) is 13.9. The summed E-state index contributed by atoms with van der Waals surface area (Å²) in [6.45, 7) is 1.16. The lowest BCUT2D eigenvalue weighted by Gasteiger charge is -2.25. The quantitative estimate of drug-likeness (QED) is 0.816. The summed E-state index contributed by atoms with van der Waals surface area (Å²) in [4.78, 5) is 26.2. The number of aliphatic hydroxyl groups excluding tert-OH is 1. The van der Waals surface area contributed by atoms with Gasteiger partial charge in [-0.1, -0.05) is 0 Å². The van der Waals surface area contributed by atoms with Crippen LogP contribution in [-0.2, 0) is 0 Å². The van der Waals surface area contributed by atoms with Crippen molar-refractivity contribution in [1.82, 2.24) is 4.57 Å². The van der Waals surface area contributed by atoms with Gasteiger partial charge in [-0.2, -0.15) is 0 Å². The Morgan fingerprint density at radius 2 is 2.00 bits per heavy atom. The maximum atomic E-state index is 15.3. The highest BCUT2D eigenvalue weighted by molar-refractivity contribution is 5.97. The van der Waals surface area contributed by atoms with Crippen LogP contribution in [0.25, 0.3) is 10.9 Å². The van der Waals surface area contributed by atoms with Crippen LogP contribution in [0.2, 0.25) is 0 Å². The molecule has 1 saturated heterocycles. The summed E-state index contributed by atoms with van der Waals surface area (Å²) in [6.07, 6.45) is 4.41. The van der Waals surface area contributed by atoms with Gasteiger partial charge in [0.15, 0.2) is 11.6 Å². The molecule has 2 saturated carbocycles. The Bertz CT molecular complexity index is 1080. The summed E-state index contributed by atoms with van der Waals surface area (Å²) in [7, 11) is 1.44. The number of fused-ring (bicyclic) bond motifs is 2. The zero-order valence-electron chi connectivity index (χ0n) is 16.1. The first-order valence-corrected chi connectivity index (χ1v) is 10.0. The van der Waals surface area contributed by atoms with E-state index < -0.39 is 17.2 Å². The van der Waals surface area contributed by atoms with Crippen LogP contribution in [0, 0.1) is 17.7 Å². The molecule has 1 aromatic heterocycles. The number of methoxy groups -OCH3 is 1. The number of hydrogen-bond donors (Lipinski definition) is 2. The Morgan fingerprint density at radius 1 is 1.24 bits per heavy atom. The first-order valence-electron chi connectivity index (χ1n) is 10.0. The van der Waals surface area contributed by atoms with Gasteiger partial charge in [-0.25, -0.2) is 9.18 Å². The van der Waals surface area contributed by atoms with Crippen LogP contribution in [0.1, 0.15) is 42.1 Å². The maximum absolute atomic E-state index is 15.3. The SMILES string of the molecule is COc1c(N2CC3CCC(O)C3C2)c(F)cc2c(=O)c(C(=O)O)cn(C3CC3)c12. The number of aromatic carboxylic acids is 1. The number of nitrogens with zero attached hydrogens (tertiary/aromatic N) is 2. The first kappa shape index (κ1) is 18.4. The van der Waals surface area contributed by atoms with Crippen molar-refractivity contribution in [1.29, 1.82) is 0 Å². The minimum absolute atomic E-state index is 0.0225. The Hall–Kier alpha value is -2.61. The summed E-state index contributed by atoms with van der Waals surface area (Å²) < 4.78 is 22.7. The normalized spacial score (nSPS) is 26.2. The van der Waals surface area contributed by atoms with Gasteiger partial charge in [0.25, 0.3) is 0 Å². The minimum Gasteiger partial charge on any atom is -0.492 e. The van der Waals surface area contributed by atoms with E-state index in [1.807, 2.05) is 4.90 Å². The Kier molecular flexibility index (Phi) is 4.10. The molecule has 0 radical (unpaired) electrons. The second kappa shape index (κ2) is 6.45. The summed E-state index contributed by atoms with van der Waals surface area (Å²) >= 11 is 0. The number of pyridine rings is 1. The van der Waals surface area contributed by atoms with E-state index >= 15 is 4.39 Å². The molecule has 0 amide bonds. The van der Waals surface area contributed by atoms with Crippen molar-refractivity contribution in [2.45, 2.75) is 37.8 Å². The lowest BCUT2D eigenvalue weighted by Crippen LogP contribution is -2.26. The molecule has 0 bridgehead atoms. The molecule has 29 heavy (non-hydrogen) atoms. The molecule has 3 aliphatic rings. The highest BCUT2D eigenvalue weighted by atomic mass is 19.1. The third-order valence-electron chi connectivity index (χ3n) is 6.71. The zero-order chi connectivity index (χ0) is 20.4. The molecule has 0 spiro atoms. The number of carboxylic acid groups (broad SMARTS) is 1. The lowest BCUT2D eigenvalue weighted by molar-refractivity contribution is 0.0694. The molecule has 1 aromatic carbocycles. The summed E-state index contributed by atoms with van der Waals surface area (Å²) in [5.41, 5.74) is -0.336. The second-order valence-corrected chi connectivity index (χ2v) is 8.43. The van der Waals surface area contributed by atoms with Crippen molar-refractivity contribution in [3.63, 3.8) is 0 Å². The van der Waals surface area contributed by atoms with E-state index in [9.17, 15) is 19.8 Å². The number of aromatic nitrogens is 1. The van der Waals surface area contributed by atoms with E-state index in [2.05, 4.69) is 0 Å². The largest absolute Gasteiger partial charge is 0.492 e. The van der Waals surface area contributed by atoms with Crippen LogP contribution in [-0.4, -0.2) is 47.1 Å². The topological polar surface area (TPSA) is 92.0 Å². The number of hydrogen-bond acceptors (Lipinski definition) is 5. The van der Waals surface area contributed by atoms with E-state index in [-0.39, 0.29) is 34.8 Å². The van der Waals surface area contributed by atoms with Gasteiger partial charge >= 0.3 is 5.97 Å². The van der Waals surface area contributed by atoms with E-state index in [1.54, 1.807) is 4.57 Å². The number of halogens is 1. The van der Waals surface area contributed by atoms with Crippen molar-refractivity contribution in [2.24, 2.45) is 11.8 Å². The van der Waals surface area contributed by atoms with Gasteiger partial charge < -0.3 is 24.4 Å². The lowest BCUT2D eigenvalue weighted by atomic mass is 10.00. The van der Waals surface area contributed by atoms with Gasteiger partial charge in [-0.3, -0.25) is 4.79 Å². The maximum Gasteiger partial charge on any atom is 0.341 e. The van der Waals surface area contributed by atoms with Crippen LogP contribution in [0.4, 0.5) is 10.1 Å². The summed E-state index contributed by atoms with van der Waals surface area (Å²) in [5.74, 6) is -1.25. The highest BCUT2D eigenvalue weighted by Gasteiger charge is 2.43. The standard InChI is InChI=1S/C21H23FN2O5/c1-29-20-17-12(19(26)14(21(27)28)9-24(17)11-3-4-11)6-15(22)18(20)23-7-10-2-5-16(25)13(10)8-23/h6,9-11,13,16,25H,2-5,7-8H2,1H3,(H,27,28). The zero-order valence-corrected chi connectivity index (χ0v) is 16.1. The summed E-state index contributed by atoms with van der Waals surface area (Å²) in [5, 5.41) is 19.7. The van der Waals surface area contributed by atoms with Crippen molar-refractivity contribution in [3.8, 4) is 5.75 Å². The van der Waals surface area contributed by atoms with Gasteiger partial charge in [-0.15, -0.1) is 0 Å². The molecule has 2 heterocycles. The fourth-order valence-corrected chi connectivity index (χ4v) is 5.14. The molecule has 3 atom stereocenters. The molecule has 1 aliphatic heterocycles. The average molecular weight is 402 g/mol. The number of carbonyl (C=O) groups is 1. The van der Waals surface area contributed by atoms with Gasteiger partial charge in [0.2, 0.25) is 5.43 Å². The minimum atomic E-state index is -1.32. The van der Waals surface area contributed by atoms with Crippen LogP contribution >= 0.6 is 0 Å². The Labute approximate surface area is 166 Å². The van der Waals surface area contributed by atoms with Gasteiger partial charge in [0, 0.05) is 31.2 Å². The number of rotatable bonds is 4. The van der Waals surface area contributed by atoms with E-state index in [0.29, 0.717) is 30.2 Å². The van der Waals surface area contributed by atoms with Crippen LogP contribution in [0.3, 0.4) is 0 Å². The number of benzene rings is 1. The highest BCUT2D eigenvalue weighted by Crippen LogP contribution is 2.47. The molecule has 2 aromatic rings. The fourth-order valence-electron chi connectivity index (χ4n) is 5.14. The molecular formula is C21H23FN2O5. The van der Waals surface area contributed by atoms with Crippen molar-refractivity contribution >= 4 is 22.6 Å². The fraction of sp³-hybridized carbons (Fsp3) is 0.524. The molecule has 5 rings (SSSR count). The van der Waals surface area contributed by atoms with E-state index in [4.69, 9.17) is 4.74 Å². The number of aliphatic hydroxyl groups is 1. The van der Waals surface area contributed by atoms with Crippen LogP contribution < -0.4 is 15.1 Å². The molecule has 2 aliphatic carbocycles. The number of carboxylic acids is 1. The Balaban J connectivity index is 1.73. The number of anilines is 1. The molecule has 154 valence electrons. The third-order valence-corrected chi connectivity index (χ3v) is 6.71. The van der Waals surface area contributed by atoms with Gasteiger partial charge in [0.1, 0.15) is 11.3 Å². The average Bonchev–Trinajstić information content (AvgIpc) is 3.35. The number of ether oxygens (including phenoxy) is 1. The van der Waals surface area contributed by atoms with Crippen molar-refractivity contribution in [3.05, 3.63) is 33.9 Å². The Morgan fingerprint density at radius 3 is 2.62 bits per heavy atom. The van der Waals surface area contributed by atoms with Crippen LogP contribution in [0.15, 0.2) is 17.1 Å². The molecule has 3 fully saturated rings. The van der Waals surface area contributed by atoms with E-state index in [0.717, 1.165) is 31.7 Å². The predicted octanol–water partition coefficient (Wildman–Crippen LogP) is 2.39. The van der Waals surface area contributed by atoms with Gasteiger partial charge in [0.05, 0.1) is 24.1 Å². The molecular weight excluding hydrogens is 379 g/mol. The molecule has 7 nitrogen and oxygen atoms in total. The smallest absolute Gasteiger partial charge is 0.341 e. The molecule has 3 unspecified atom stereocenters. The molecule has 8 heteroatoms. The van der Waals surface area contributed by atoms with Gasteiger partial charge in [-0.05, 0) is 37.7 Å². The predicted molar refractivity (Wildman–Crippen MR) is 104 cm³/mol. The third kappa shape index (κ3) is 2.73. The monoisotopic (exact) mass is 402 g/mol. The van der Waals surface area contributed by atoms with Crippen molar-refractivity contribution < 1.29 is 24.1 Å². The second-order valence-electron chi connectivity index (χ2n) is 8.43. The summed E-state index contributed by atoms with van der Waals surface area (Å²) in [6, 6.07) is 1.22.